The van der Waals surface area contributed by atoms with Crippen LogP contribution in [0.3, 0.4) is 0 Å². The Morgan fingerprint density at radius 1 is 1.18 bits per heavy atom. The molecule has 1 amide bonds. The third-order valence-electron chi connectivity index (χ3n) is 7.58. The Morgan fingerprint density at radius 3 is 2.74 bits per heavy atom. The van der Waals surface area contributed by atoms with Crippen LogP contribution in [-0.4, -0.2) is 45.4 Å². The summed E-state index contributed by atoms with van der Waals surface area (Å²) < 4.78 is 15.2. The van der Waals surface area contributed by atoms with Crippen molar-refractivity contribution in [3.63, 3.8) is 0 Å². The molecule has 1 saturated carbocycles. The van der Waals surface area contributed by atoms with Crippen molar-refractivity contribution < 1.29 is 9.18 Å². The number of hydrogen-bond donors (Lipinski definition) is 2. The van der Waals surface area contributed by atoms with E-state index in [1.54, 1.807) is 6.07 Å². The molecule has 39 heavy (non-hydrogen) atoms. The molecule has 2 aromatic carbocycles. The standard InChI is InChI=1S/C32H30FN5O/c1-2-3-14-38-15-12-23(13-16-38)27-19-34-31-29(27)30(36-20-37-31)25-10-11-26(28(33)17-25)18-35-32(39)24-8-6-22(7-9-24)21-4-5-21/h6-12,17,19-21H,4-5,13-16,18H2,1H3,(H,35,39)(H,34,36,37). The van der Waals surface area contributed by atoms with Gasteiger partial charge < -0.3 is 10.3 Å². The molecule has 3 heterocycles. The number of fused-ring (bicyclic) bond motifs is 1. The Balaban J connectivity index is 1.20. The lowest BCUT2D eigenvalue weighted by atomic mass is 9.96. The highest BCUT2D eigenvalue weighted by Crippen LogP contribution is 2.40. The summed E-state index contributed by atoms with van der Waals surface area (Å²) in [6.07, 6.45) is 9.03. The number of hydrogen-bond acceptors (Lipinski definition) is 4. The van der Waals surface area contributed by atoms with Gasteiger partial charge in [-0.3, -0.25) is 9.69 Å². The highest BCUT2D eigenvalue weighted by molar-refractivity contribution is 6.00. The van der Waals surface area contributed by atoms with Crippen LogP contribution in [-0.2, 0) is 6.54 Å². The predicted molar refractivity (Wildman–Crippen MR) is 151 cm³/mol. The fraction of sp³-hybridized carbons (Fsp3) is 0.281. The fourth-order valence-corrected chi connectivity index (χ4v) is 5.16. The van der Waals surface area contributed by atoms with Crippen molar-refractivity contribution in [1.29, 1.82) is 0 Å². The number of rotatable bonds is 7. The third-order valence-corrected chi connectivity index (χ3v) is 7.58. The minimum atomic E-state index is -0.384. The zero-order valence-corrected chi connectivity index (χ0v) is 21.9. The van der Waals surface area contributed by atoms with Crippen molar-refractivity contribution in [3.8, 4) is 23.1 Å². The highest BCUT2D eigenvalue weighted by Gasteiger charge is 2.23. The largest absolute Gasteiger partial charge is 0.348 e. The Hall–Kier alpha value is -4.28. The van der Waals surface area contributed by atoms with E-state index in [9.17, 15) is 4.79 Å². The fourth-order valence-electron chi connectivity index (χ4n) is 5.16. The monoisotopic (exact) mass is 519 g/mol. The molecule has 1 aliphatic carbocycles. The van der Waals surface area contributed by atoms with Crippen LogP contribution in [0.5, 0.6) is 0 Å². The van der Waals surface area contributed by atoms with E-state index in [2.05, 4.69) is 43.1 Å². The number of aromatic nitrogens is 3. The average Bonchev–Trinajstić information content (AvgIpc) is 3.74. The maximum Gasteiger partial charge on any atom is 0.251 e. The Morgan fingerprint density at radius 2 is 2.03 bits per heavy atom. The molecule has 2 aliphatic rings. The first-order chi connectivity index (χ1) is 19.1. The zero-order chi connectivity index (χ0) is 26.8. The molecule has 6 rings (SSSR count). The number of amides is 1. The molecule has 1 fully saturated rings. The number of halogens is 1. The summed E-state index contributed by atoms with van der Waals surface area (Å²) in [5, 5.41) is 3.73. The van der Waals surface area contributed by atoms with Crippen LogP contribution >= 0.6 is 0 Å². The van der Waals surface area contributed by atoms with E-state index in [1.807, 2.05) is 43.5 Å². The summed E-state index contributed by atoms with van der Waals surface area (Å²) in [4.78, 5) is 27.1. The van der Waals surface area contributed by atoms with Crippen molar-refractivity contribution in [2.24, 2.45) is 0 Å². The first kappa shape index (κ1) is 25.0. The molecular formula is C32H30FN5O. The molecule has 6 nitrogen and oxygen atoms in total. The molecular weight excluding hydrogens is 489 g/mol. The molecule has 1 aliphatic heterocycles. The third kappa shape index (κ3) is 5.34. The van der Waals surface area contributed by atoms with E-state index in [0.29, 0.717) is 28.3 Å². The first-order valence-electron chi connectivity index (χ1n) is 13.4. The smallest absolute Gasteiger partial charge is 0.251 e. The second kappa shape index (κ2) is 10.8. The highest BCUT2D eigenvalue weighted by atomic mass is 19.1. The van der Waals surface area contributed by atoms with Gasteiger partial charge in [0.15, 0.2) is 0 Å². The minimum Gasteiger partial charge on any atom is -0.348 e. The number of H-pyrrole nitrogens is 1. The molecule has 2 N–H and O–H groups in total. The molecule has 2 aromatic heterocycles. The molecule has 0 atom stereocenters. The van der Waals surface area contributed by atoms with Gasteiger partial charge in [-0.05, 0) is 61.4 Å². The molecule has 0 radical (unpaired) electrons. The lowest BCUT2D eigenvalue weighted by Crippen LogP contribution is -2.28. The number of benzene rings is 2. The second-order valence-corrected chi connectivity index (χ2v) is 10.2. The van der Waals surface area contributed by atoms with Gasteiger partial charge in [-0.1, -0.05) is 36.3 Å². The second-order valence-electron chi connectivity index (χ2n) is 10.2. The minimum absolute atomic E-state index is 0.107. The van der Waals surface area contributed by atoms with Crippen LogP contribution in [0, 0.1) is 17.7 Å². The van der Waals surface area contributed by atoms with Gasteiger partial charge in [0.2, 0.25) is 0 Å². The van der Waals surface area contributed by atoms with Crippen molar-refractivity contribution in [3.05, 3.63) is 89.1 Å². The van der Waals surface area contributed by atoms with Gasteiger partial charge in [0.25, 0.3) is 5.91 Å². The molecule has 0 spiro atoms. The van der Waals surface area contributed by atoms with E-state index in [0.717, 1.165) is 42.7 Å². The molecule has 4 aromatic rings. The van der Waals surface area contributed by atoms with Gasteiger partial charge in [0.1, 0.15) is 17.8 Å². The first-order valence-corrected chi connectivity index (χ1v) is 13.4. The summed E-state index contributed by atoms with van der Waals surface area (Å²) in [6, 6.07) is 12.8. The number of carbonyl (C=O) groups excluding carboxylic acids is 1. The van der Waals surface area contributed by atoms with E-state index in [-0.39, 0.29) is 18.3 Å². The van der Waals surface area contributed by atoms with Crippen LogP contribution < -0.4 is 5.32 Å². The lowest BCUT2D eigenvalue weighted by Gasteiger charge is -2.24. The summed E-state index contributed by atoms with van der Waals surface area (Å²) >= 11 is 0. The van der Waals surface area contributed by atoms with E-state index >= 15 is 4.39 Å². The van der Waals surface area contributed by atoms with Crippen LogP contribution in [0.2, 0.25) is 0 Å². The van der Waals surface area contributed by atoms with Crippen LogP contribution in [0.1, 0.15) is 59.2 Å². The van der Waals surface area contributed by atoms with Gasteiger partial charge in [-0.25, -0.2) is 14.4 Å². The number of aromatic amines is 1. The van der Waals surface area contributed by atoms with Crippen LogP contribution in [0.4, 0.5) is 4.39 Å². The molecule has 196 valence electrons. The van der Waals surface area contributed by atoms with E-state index in [1.165, 1.54) is 36.4 Å². The van der Waals surface area contributed by atoms with Crippen molar-refractivity contribution in [2.75, 3.05) is 19.6 Å². The quantitative estimate of drug-likeness (QED) is 0.308. The number of nitrogens with zero attached hydrogens (tertiary/aromatic N) is 3. The van der Waals surface area contributed by atoms with E-state index < -0.39 is 0 Å². The van der Waals surface area contributed by atoms with Gasteiger partial charge in [0.05, 0.1) is 17.6 Å². The maximum atomic E-state index is 15.2. The molecule has 7 heteroatoms. The lowest BCUT2D eigenvalue weighted by molar-refractivity contribution is 0.0950. The molecule has 0 saturated heterocycles. The Labute approximate surface area is 227 Å². The summed E-state index contributed by atoms with van der Waals surface area (Å²) in [6.45, 7) is 4.49. The normalized spacial score (nSPS) is 15.5. The molecule has 0 bridgehead atoms. The summed E-state index contributed by atoms with van der Waals surface area (Å²) in [5.74, 6) is 6.13. The topological polar surface area (TPSA) is 73.9 Å². The Bertz CT molecular complexity index is 1620. The SMILES string of the molecule is CC#CCN1CC=C(c2c[nH]c3ncnc(-c4ccc(CNC(=O)c5ccc(C6CC6)cc5)c(F)c4)c23)CC1. The molecule has 0 unspecified atom stereocenters. The average molecular weight is 520 g/mol. The number of nitrogens with one attached hydrogen (secondary N) is 2. The van der Waals surface area contributed by atoms with Gasteiger partial charge in [-0.2, -0.15) is 0 Å². The Kier molecular flexibility index (Phi) is 6.95. The van der Waals surface area contributed by atoms with Gasteiger partial charge >= 0.3 is 0 Å². The van der Waals surface area contributed by atoms with Crippen LogP contribution in [0.25, 0.3) is 27.9 Å². The van der Waals surface area contributed by atoms with Crippen molar-refractivity contribution in [1.82, 2.24) is 25.2 Å². The van der Waals surface area contributed by atoms with Crippen molar-refractivity contribution in [2.45, 2.75) is 38.6 Å². The van der Waals surface area contributed by atoms with Gasteiger partial charge in [-0.15, -0.1) is 5.92 Å². The van der Waals surface area contributed by atoms with E-state index in [4.69, 9.17) is 0 Å². The van der Waals surface area contributed by atoms with Crippen LogP contribution in [0.15, 0.2) is 61.1 Å². The van der Waals surface area contributed by atoms with Crippen molar-refractivity contribution >= 4 is 22.5 Å². The zero-order valence-electron chi connectivity index (χ0n) is 21.9. The summed E-state index contributed by atoms with van der Waals surface area (Å²) in [5.41, 5.74) is 6.63. The number of carbonyl (C=O) groups is 1. The summed E-state index contributed by atoms with van der Waals surface area (Å²) in [7, 11) is 0. The predicted octanol–water partition coefficient (Wildman–Crippen LogP) is 5.68. The maximum absolute atomic E-state index is 15.2. The van der Waals surface area contributed by atoms with Gasteiger partial charge in [0, 0.05) is 48.1 Å².